The molecule has 0 bridgehead atoms. The maximum atomic E-state index is 11.8. The van der Waals surface area contributed by atoms with Gasteiger partial charge in [-0.15, -0.1) is 0 Å². The Morgan fingerprint density at radius 2 is 1.75 bits per heavy atom. The van der Waals surface area contributed by atoms with Gasteiger partial charge in [0.1, 0.15) is 5.78 Å². The monoisotopic (exact) mass is 280 g/mol. The second-order valence-electron chi connectivity index (χ2n) is 4.87. The maximum absolute atomic E-state index is 11.8. The predicted molar refractivity (Wildman–Crippen MR) is 73.4 cm³/mol. The third-order valence-corrected chi connectivity index (χ3v) is 3.76. The van der Waals surface area contributed by atoms with E-state index in [-0.39, 0.29) is 11.7 Å². The van der Waals surface area contributed by atoms with Crippen molar-refractivity contribution in [3.63, 3.8) is 0 Å². The van der Waals surface area contributed by atoms with E-state index in [1.54, 1.807) is 12.1 Å². The summed E-state index contributed by atoms with van der Waals surface area (Å²) in [7, 11) is 4.57. The van der Waals surface area contributed by atoms with E-state index in [9.17, 15) is 9.90 Å². The first kappa shape index (κ1) is 14.7. The van der Waals surface area contributed by atoms with E-state index in [2.05, 4.69) is 0 Å². The molecule has 1 aliphatic rings. The van der Waals surface area contributed by atoms with Gasteiger partial charge in [0.05, 0.1) is 27.4 Å². The molecular weight excluding hydrogens is 260 g/mol. The van der Waals surface area contributed by atoms with Gasteiger partial charge in [0.15, 0.2) is 11.5 Å². The maximum Gasteiger partial charge on any atom is 0.203 e. The number of carbonyl (C=O) groups excluding carboxylic acids is 1. The molecule has 1 aromatic rings. The molecule has 20 heavy (non-hydrogen) atoms. The van der Waals surface area contributed by atoms with Gasteiger partial charge in [-0.2, -0.15) is 0 Å². The summed E-state index contributed by atoms with van der Waals surface area (Å²) in [5.41, 5.74) is 0.611. The summed E-state index contributed by atoms with van der Waals surface area (Å²) in [6, 6.07) is 3.38. The fourth-order valence-electron chi connectivity index (χ4n) is 2.68. The van der Waals surface area contributed by atoms with Crippen LogP contribution in [0.2, 0.25) is 0 Å². The van der Waals surface area contributed by atoms with Crippen molar-refractivity contribution in [2.45, 2.75) is 25.4 Å². The number of carbonyl (C=O) groups is 1. The molecule has 0 unspecified atom stereocenters. The molecule has 2 atom stereocenters. The highest BCUT2D eigenvalue weighted by Crippen LogP contribution is 2.42. The van der Waals surface area contributed by atoms with Crippen LogP contribution in [0.1, 0.15) is 30.9 Å². The Hall–Kier alpha value is -1.75. The van der Waals surface area contributed by atoms with Crippen molar-refractivity contribution >= 4 is 5.78 Å². The second kappa shape index (κ2) is 6.13. The molecule has 0 amide bonds. The lowest BCUT2D eigenvalue weighted by molar-refractivity contribution is -0.123. The van der Waals surface area contributed by atoms with E-state index in [0.29, 0.717) is 29.2 Å². The number of benzene rings is 1. The van der Waals surface area contributed by atoms with Crippen molar-refractivity contribution in [3.05, 3.63) is 17.7 Å². The van der Waals surface area contributed by atoms with Crippen LogP contribution in [0.3, 0.4) is 0 Å². The van der Waals surface area contributed by atoms with Crippen molar-refractivity contribution < 1.29 is 24.1 Å². The number of Topliss-reactive ketones (excluding diaryl/α,β-unsaturated/α-hetero) is 1. The SMILES string of the molecule is COc1cc([C@H](O)[C@H]2CCCC2=O)cc(OC)c1OC. The number of ketones is 1. The van der Waals surface area contributed by atoms with Gasteiger partial charge in [-0.3, -0.25) is 4.79 Å². The number of hydrogen-bond donors (Lipinski definition) is 1. The lowest BCUT2D eigenvalue weighted by Crippen LogP contribution is -2.17. The first-order valence-electron chi connectivity index (χ1n) is 6.63. The van der Waals surface area contributed by atoms with Crippen LogP contribution in [0.4, 0.5) is 0 Å². The molecule has 2 rings (SSSR count). The molecule has 1 fully saturated rings. The number of ether oxygens (including phenoxy) is 3. The number of rotatable bonds is 5. The lowest BCUT2D eigenvalue weighted by Gasteiger charge is -2.20. The van der Waals surface area contributed by atoms with Crippen LogP contribution in [0.25, 0.3) is 0 Å². The predicted octanol–water partition coefficient (Wildman–Crippen LogP) is 2.11. The molecule has 5 nitrogen and oxygen atoms in total. The standard InChI is InChI=1S/C15H20O5/c1-18-12-7-9(8-13(19-2)15(12)20-3)14(17)10-5-4-6-11(10)16/h7-8,10,14,17H,4-6H2,1-3H3/t10-,14-/m0/s1. The number of methoxy groups -OCH3 is 3. The Morgan fingerprint density at radius 3 is 2.15 bits per heavy atom. The zero-order valence-electron chi connectivity index (χ0n) is 12.0. The average molecular weight is 280 g/mol. The van der Waals surface area contributed by atoms with Gasteiger partial charge in [0.25, 0.3) is 0 Å². The summed E-state index contributed by atoms with van der Waals surface area (Å²) >= 11 is 0. The molecule has 0 radical (unpaired) electrons. The van der Waals surface area contributed by atoms with E-state index in [1.165, 1.54) is 21.3 Å². The highest BCUT2D eigenvalue weighted by atomic mass is 16.5. The van der Waals surface area contributed by atoms with Crippen LogP contribution < -0.4 is 14.2 Å². The van der Waals surface area contributed by atoms with Crippen molar-refractivity contribution in [1.82, 2.24) is 0 Å². The van der Waals surface area contributed by atoms with Crippen LogP contribution >= 0.6 is 0 Å². The molecule has 5 heteroatoms. The van der Waals surface area contributed by atoms with Crippen LogP contribution in [0.5, 0.6) is 17.2 Å². The highest BCUT2D eigenvalue weighted by molar-refractivity contribution is 5.83. The quantitative estimate of drug-likeness (QED) is 0.895. The number of hydrogen-bond acceptors (Lipinski definition) is 5. The third kappa shape index (κ3) is 2.58. The van der Waals surface area contributed by atoms with Gasteiger partial charge in [-0.1, -0.05) is 0 Å². The molecule has 1 N–H and O–H groups in total. The van der Waals surface area contributed by atoms with Crippen LogP contribution in [0.15, 0.2) is 12.1 Å². The second-order valence-corrected chi connectivity index (χ2v) is 4.87. The summed E-state index contributed by atoms with van der Waals surface area (Å²) in [4.78, 5) is 11.8. The summed E-state index contributed by atoms with van der Waals surface area (Å²) in [5, 5.41) is 10.4. The summed E-state index contributed by atoms with van der Waals surface area (Å²) in [5.74, 6) is 1.21. The van der Waals surface area contributed by atoms with Crippen LogP contribution in [-0.4, -0.2) is 32.2 Å². The Labute approximate surface area is 118 Å². The van der Waals surface area contributed by atoms with E-state index >= 15 is 0 Å². The van der Waals surface area contributed by atoms with Gasteiger partial charge in [-0.25, -0.2) is 0 Å². The minimum atomic E-state index is -0.835. The minimum Gasteiger partial charge on any atom is -0.493 e. The Kier molecular flexibility index (Phi) is 4.49. The molecule has 1 aromatic carbocycles. The van der Waals surface area contributed by atoms with Gasteiger partial charge >= 0.3 is 0 Å². The lowest BCUT2D eigenvalue weighted by atomic mass is 9.93. The highest BCUT2D eigenvalue weighted by Gasteiger charge is 2.32. The molecule has 0 aliphatic heterocycles. The van der Waals surface area contributed by atoms with Crippen molar-refractivity contribution in [2.75, 3.05) is 21.3 Å². The topological polar surface area (TPSA) is 65.0 Å². The summed E-state index contributed by atoms with van der Waals surface area (Å²) in [6.45, 7) is 0. The summed E-state index contributed by atoms with van der Waals surface area (Å²) in [6.07, 6.45) is 1.27. The van der Waals surface area contributed by atoms with Crippen molar-refractivity contribution in [2.24, 2.45) is 5.92 Å². The van der Waals surface area contributed by atoms with Gasteiger partial charge in [-0.05, 0) is 30.5 Å². The third-order valence-electron chi connectivity index (χ3n) is 3.76. The largest absolute Gasteiger partial charge is 0.493 e. The summed E-state index contributed by atoms with van der Waals surface area (Å²) < 4.78 is 15.8. The van der Waals surface area contributed by atoms with Crippen molar-refractivity contribution in [3.8, 4) is 17.2 Å². The Morgan fingerprint density at radius 1 is 1.15 bits per heavy atom. The minimum absolute atomic E-state index is 0.117. The first-order chi connectivity index (χ1) is 9.62. The number of aliphatic hydroxyl groups excluding tert-OH is 1. The number of aliphatic hydroxyl groups is 1. The fraction of sp³-hybridized carbons (Fsp3) is 0.533. The normalized spacial score (nSPS) is 19.8. The molecule has 0 heterocycles. The van der Waals surface area contributed by atoms with Gasteiger partial charge in [0.2, 0.25) is 5.75 Å². The van der Waals surface area contributed by atoms with Crippen molar-refractivity contribution in [1.29, 1.82) is 0 Å². The zero-order valence-corrected chi connectivity index (χ0v) is 12.0. The smallest absolute Gasteiger partial charge is 0.203 e. The molecule has 1 saturated carbocycles. The molecule has 0 spiro atoms. The van der Waals surface area contributed by atoms with Crippen LogP contribution in [-0.2, 0) is 4.79 Å². The molecule has 1 aliphatic carbocycles. The van der Waals surface area contributed by atoms with E-state index in [0.717, 1.165) is 12.8 Å². The molecule has 0 aromatic heterocycles. The Bertz CT molecular complexity index is 472. The Balaban J connectivity index is 2.38. The van der Waals surface area contributed by atoms with E-state index < -0.39 is 6.10 Å². The van der Waals surface area contributed by atoms with Gasteiger partial charge in [0, 0.05) is 12.3 Å². The molecule has 0 saturated heterocycles. The molecule has 110 valence electrons. The molecular formula is C15H20O5. The average Bonchev–Trinajstić information content (AvgIpc) is 2.90. The van der Waals surface area contributed by atoms with Crippen LogP contribution in [0, 0.1) is 5.92 Å². The first-order valence-corrected chi connectivity index (χ1v) is 6.63. The fourth-order valence-corrected chi connectivity index (χ4v) is 2.68. The van der Waals surface area contributed by atoms with E-state index in [1.807, 2.05) is 0 Å². The van der Waals surface area contributed by atoms with Gasteiger partial charge < -0.3 is 19.3 Å². The van der Waals surface area contributed by atoms with E-state index in [4.69, 9.17) is 14.2 Å². The zero-order chi connectivity index (χ0) is 14.7.